The Hall–Kier alpha value is -1.03. The fraction of sp³-hybridized carbons (Fsp3) is 0.615. The SMILES string of the molecule is CCN(CC)C(=O)c1c(N)sc2c1C(C)CC2. The summed E-state index contributed by atoms with van der Waals surface area (Å²) in [5.41, 5.74) is 8.05. The first-order chi connectivity index (χ1) is 8.10. The van der Waals surface area contributed by atoms with Gasteiger partial charge in [-0.1, -0.05) is 6.92 Å². The van der Waals surface area contributed by atoms with Crippen molar-refractivity contribution in [1.82, 2.24) is 4.90 Å². The zero-order valence-corrected chi connectivity index (χ0v) is 11.6. The highest BCUT2D eigenvalue weighted by Gasteiger charge is 2.31. The van der Waals surface area contributed by atoms with Crippen LogP contribution in [0.4, 0.5) is 5.00 Å². The average Bonchev–Trinajstić information content (AvgIpc) is 2.80. The van der Waals surface area contributed by atoms with Crippen molar-refractivity contribution < 1.29 is 4.79 Å². The minimum atomic E-state index is 0.110. The Morgan fingerprint density at radius 1 is 1.47 bits per heavy atom. The van der Waals surface area contributed by atoms with Gasteiger partial charge in [-0.25, -0.2) is 0 Å². The molecule has 1 unspecified atom stereocenters. The molecule has 1 heterocycles. The number of aryl methyl sites for hydroxylation is 1. The van der Waals surface area contributed by atoms with Crippen molar-refractivity contribution in [2.24, 2.45) is 0 Å². The summed E-state index contributed by atoms with van der Waals surface area (Å²) in [6.07, 6.45) is 2.23. The summed E-state index contributed by atoms with van der Waals surface area (Å²) in [4.78, 5) is 15.6. The molecule has 0 saturated carbocycles. The molecule has 17 heavy (non-hydrogen) atoms. The van der Waals surface area contributed by atoms with Crippen LogP contribution in [0, 0.1) is 0 Å². The molecule has 2 N–H and O–H groups in total. The number of anilines is 1. The van der Waals surface area contributed by atoms with E-state index in [2.05, 4.69) is 6.92 Å². The first kappa shape index (κ1) is 12.4. The molecular weight excluding hydrogens is 232 g/mol. The monoisotopic (exact) mass is 252 g/mol. The lowest BCUT2D eigenvalue weighted by molar-refractivity contribution is 0.0773. The van der Waals surface area contributed by atoms with Crippen LogP contribution in [-0.2, 0) is 6.42 Å². The molecule has 2 rings (SSSR count). The van der Waals surface area contributed by atoms with E-state index >= 15 is 0 Å². The number of hydrogen-bond acceptors (Lipinski definition) is 3. The number of nitrogen functional groups attached to an aromatic ring is 1. The van der Waals surface area contributed by atoms with E-state index in [9.17, 15) is 4.79 Å². The van der Waals surface area contributed by atoms with E-state index in [-0.39, 0.29) is 5.91 Å². The number of thiophene rings is 1. The predicted molar refractivity (Wildman–Crippen MR) is 72.7 cm³/mol. The molecule has 1 aromatic heterocycles. The van der Waals surface area contributed by atoms with Gasteiger partial charge in [-0.05, 0) is 38.2 Å². The quantitative estimate of drug-likeness (QED) is 0.899. The lowest BCUT2D eigenvalue weighted by atomic mass is 10.0. The van der Waals surface area contributed by atoms with E-state index in [4.69, 9.17) is 5.73 Å². The molecule has 1 aliphatic rings. The number of hydrogen-bond donors (Lipinski definition) is 1. The molecule has 0 aliphatic heterocycles. The first-order valence-corrected chi connectivity index (χ1v) is 7.12. The molecule has 1 atom stereocenters. The number of rotatable bonds is 3. The van der Waals surface area contributed by atoms with E-state index in [1.165, 1.54) is 10.4 Å². The van der Waals surface area contributed by atoms with E-state index < -0.39 is 0 Å². The molecule has 1 amide bonds. The molecule has 0 bridgehead atoms. The van der Waals surface area contributed by atoms with Gasteiger partial charge in [0.25, 0.3) is 5.91 Å². The Labute approximate surface area is 107 Å². The lowest BCUT2D eigenvalue weighted by Crippen LogP contribution is -2.31. The van der Waals surface area contributed by atoms with Crippen molar-refractivity contribution in [2.45, 2.75) is 39.5 Å². The fourth-order valence-corrected chi connectivity index (χ4v) is 3.80. The van der Waals surface area contributed by atoms with Crippen LogP contribution >= 0.6 is 11.3 Å². The first-order valence-electron chi connectivity index (χ1n) is 6.30. The third kappa shape index (κ3) is 1.95. The van der Waals surface area contributed by atoms with E-state index in [0.29, 0.717) is 10.9 Å². The Kier molecular flexibility index (Phi) is 3.43. The van der Waals surface area contributed by atoms with Gasteiger partial charge >= 0.3 is 0 Å². The number of carbonyl (C=O) groups is 1. The van der Waals surface area contributed by atoms with Gasteiger partial charge in [0.1, 0.15) is 0 Å². The fourth-order valence-electron chi connectivity index (χ4n) is 2.60. The summed E-state index contributed by atoms with van der Waals surface area (Å²) in [6.45, 7) is 7.69. The van der Waals surface area contributed by atoms with Crippen LogP contribution in [0.2, 0.25) is 0 Å². The highest BCUT2D eigenvalue weighted by atomic mass is 32.1. The maximum absolute atomic E-state index is 12.4. The van der Waals surface area contributed by atoms with Crippen LogP contribution in [0.1, 0.15) is 53.9 Å². The summed E-state index contributed by atoms with van der Waals surface area (Å²) >= 11 is 1.60. The van der Waals surface area contributed by atoms with Gasteiger partial charge in [0, 0.05) is 18.0 Å². The third-order valence-electron chi connectivity index (χ3n) is 3.61. The number of fused-ring (bicyclic) bond motifs is 1. The summed E-state index contributed by atoms with van der Waals surface area (Å²) < 4.78 is 0. The Morgan fingerprint density at radius 3 is 2.71 bits per heavy atom. The molecule has 0 fully saturated rings. The average molecular weight is 252 g/mol. The Morgan fingerprint density at radius 2 is 2.12 bits per heavy atom. The minimum absolute atomic E-state index is 0.110. The van der Waals surface area contributed by atoms with Crippen LogP contribution in [0.5, 0.6) is 0 Å². The smallest absolute Gasteiger partial charge is 0.257 e. The van der Waals surface area contributed by atoms with E-state index in [0.717, 1.165) is 31.5 Å². The number of nitrogens with two attached hydrogens (primary N) is 1. The van der Waals surface area contributed by atoms with Crippen LogP contribution in [-0.4, -0.2) is 23.9 Å². The summed E-state index contributed by atoms with van der Waals surface area (Å²) in [5, 5.41) is 0.707. The van der Waals surface area contributed by atoms with Gasteiger partial charge in [0.2, 0.25) is 0 Å². The van der Waals surface area contributed by atoms with Crippen molar-refractivity contribution >= 4 is 22.2 Å². The van der Waals surface area contributed by atoms with Gasteiger partial charge in [0.15, 0.2) is 0 Å². The van der Waals surface area contributed by atoms with Crippen molar-refractivity contribution in [3.05, 3.63) is 16.0 Å². The second kappa shape index (κ2) is 4.69. The zero-order valence-electron chi connectivity index (χ0n) is 10.7. The van der Waals surface area contributed by atoms with Crippen LogP contribution < -0.4 is 5.73 Å². The normalized spacial score (nSPS) is 18.2. The van der Waals surface area contributed by atoms with E-state index in [1.54, 1.807) is 11.3 Å². The van der Waals surface area contributed by atoms with Gasteiger partial charge in [-0.3, -0.25) is 4.79 Å². The number of carbonyl (C=O) groups excluding carboxylic acids is 1. The van der Waals surface area contributed by atoms with Crippen molar-refractivity contribution in [2.75, 3.05) is 18.8 Å². The topological polar surface area (TPSA) is 46.3 Å². The summed E-state index contributed by atoms with van der Waals surface area (Å²) in [6, 6.07) is 0. The summed E-state index contributed by atoms with van der Waals surface area (Å²) in [7, 11) is 0. The second-order valence-corrected chi connectivity index (χ2v) is 5.73. The molecule has 94 valence electrons. The molecule has 1 aromatic rings. The van der Waals surface area contributed by atoms with Crippen LogP contribution in [0.25, 0.3) is 0 Å². The number of nitrogens with zero attached hydrogens (tertiary/aromatic N) is 1. The van der Waals surface area contributed by atoms with Gasteiger partial charge < -0.3 is 10.6 Å². The summed E-state index contributed by atoms with van der Waals surface area (Å²) in [5.74, 6) is 0.590. The molecule has 0 saturated heterocycles. The molecule has 0 radical (unpaired) electrons. The maximum Gasteiger partial charge on any atom is 0.257 e. The van der Waals surface area contributed by atoms with Gasteiger partial charge in [-0.2, -0.15) is 0 Å². The van der Waals surface area contributed by atoms with Crippen LogP contribution in [0.15, 0.2) is 0 Å². The largest absolute Gasteiger partial charge is 0.390 e. The Bertz CT molecular complexity index is 435. The lowest BCUT2D eigenvalue weighted by Gasteiger charge is -2.20. The zero-order chi connectivity index (χ0) is 12.6. The molecule has 0 spiro atoms. The molecule has 3 nitrogen and oxygen atoms in total. The molecule has 0 aromatic carbocycles. The maximum atomic E-state index is 12.4. The second-order valence-electron chi connectivity index (χ2n) is 4.60. The van der Waals surface area contributed by atoms with Gasteiger partial charge in [0.05, 0.1) is 10.6 Å². The standard InChI is InChI=1S/C13H20N2OS/c1-4-15(5-2)13(16)11-10-8(3)6-7-9(10)17-12(11)14/h8H,4-7,14H2,1-3H3. The van der Waals surface area contributed by atoms with E-state index in [1.807, 2.05) is 18.7 Å². The predicted octanol–water partition coefficient (Wildman–Crippen LogP) is 2.86. The highest BCUT2D eigenvalue weighted by Crippen LogP contribution is 2.43. The van der Waals surface area contributed by atoms with Crippen molar-refractivity contribution in [3.63, 3.8) is 0 Å². The molecule has 4 heteroatoms. The number of amides is 1. The highest BCUT2D eigenvalue weighted by molar-refractivity contribution is 7.16. The Balaban J connectivity index is 2.42. The minimum Gasteiger partial charge on any atom is -0.390 e. The third-order valence-corrected chi connectivity index (χ3v) is 4.71. The van der Waals surface area contributed by atoms with Crippen molar-refractivity contribution in [3.8, 4) is 0 Å². The molecular formula is C13H20N2OS. The van der Waals surface area contributed by atoms with Gasteiger partial charge in [-0.15, -0.1) is 11.3 Å². The van der Waals surface area contributed by atoms with Crippen LogP contribution in [0.3, 0.4) is 0 Å². The molecule has 1 aliphatic carbocycles. The van der Waals surface area contributed by atoms with Crippen molar-refractivity contribution in [1.29, 1.82) is 0 Å².